The minimum atomic E-state index is -0.448. The van der Waals surface area contributed by atoms with E-state index in [1.165, 1.54) is 0 Å². The van der Waals surface area contributed by atoms with Crippen molar-refractivity contribution < 1.29 is 9.53 Å². The van der Waals surface area contributed by atoms with Crippen LogP contribution in [0.5, 0.6) is 5.75 Å². The monoisotopic (exact) mass is 221 g/mol. The molecule has 0 radical (unpaired) electrons. The Morgan fingerprint density at radius 2 is 2.31 bits per heavy atom. The molecule has 0 fully saturated rings. The first-order chi connectivity index (χ1) is 7.61. The number of nitrogens with one attached hydrogen (secondary N) is 2. The maximum absolute atomic E-state index is 11.4. The summed E-state index contributed by atoms with van der Waals surface area (Å²) in [5.74, 6) is 0.543. The molecule has 1 amide bonds. The number of nitrogens with two attached hydrogens (primary N) is 1. The van der Waals surface area contributed by atoms with E-state index in [0.717, 1.165) is 5.56 Å². The molecular weight excluding hydrogens is 206 g/mol. The van der Waals surface area contributed by atoms with Crippen molar-refractivity contribution in [2.75, 3.05) is 12.4 Å². The molecule has 5 nitrogen and oxygen atoms in total. The molecule has 1 heterocycles. The third-order valence-corrected chi connectivity index (χ3v) is 2.60. The summed E-state index contributed by atoms with van der Waals surface area (Å²) in [5.41, 5.74) is 7.40. The Hall–Kier alpha value is -1.59. The number of benzene rings is 1. The quantitative estimate of drug-likeness (QED) is 0.639. The highest BCUT2D eigenvalue weighted by atomic mass is 16.5. The molecule has 0 aromatic heterocycles. The topological polar surface area (TPSA) is 76.4 Å². The molecule has 2 atom stereocenters. The molecule has 1 aliphatic rings. The van der Waals surface area contributed by atoms with Crippen molar-refractivity contribution in [3.8, 4) is 5.75 Å². The van der Waals surface area contributed by atoms with Crippen molar-refractivity contribution in [2.45, 2.75) is 19.2 Å². The van der Waals surface area contributed by atoms with E-state index in [2.05, 4.69) is 10.6 Å². The normalized spacial score (nSPS) is 20.7. The zero-order valence-electron chi connectivity index (χ0n) is 9.28. The van der Waals surface area contributed by atoms with Gasteiger partial charge in [-0.05, 0) is 31.7 Å². The third-order valence-electron chi connectivity index (χ3n) is 2.60. The van der Waals surface area contributed by atoms with E-state index in [9.17, 15) is 4.79 Å². The first-order valence-corrected chi connectivity index (χ1v) is 5.16. The fourth-order valence-electron chi connectivity index (χ4n) is 1.59. The number of ether oxygens (including phenoxy) is 1. The van der Waals surface area contributed by atoms with E-state index in [-0.39, 0.29) is 12.1 Å². The van der Waals surface area contributed by atoms with E-state index >= 15 is 0 Å². The van der Waals surface area contributed by atoms with Gasteiger partial charge in [-0.15, -0.1) is 0 Å². The van der Waals surface area contributed by atoms with Gasteiger partial charge in [-0.25, -0.2) is 0 Å². The summed E-state index contributed by atoms with van der Waals surface area (Å²) < 4.78 is 5.44. The Labute approximate surface area is 94.0 Å². The van der Waals surface area contributed by atoms with Crippen molar-refractivity contribution in [3.05, 3.63) is 23.8 Å². The lowest BCUT2D eigenvalue weighted by Crippen LogP contribution is -2.34. The van der Waals surface area contributed by atoms with Gasteiger partial charge >= 0.3 is 0 Å². The van der Waals surface area contributed by atoms with Gasteiger partial charge in [0, 0.05) is 0 Å². The molecule has 0 saturated carbocycles. The maximum Gasteiger partial charge on any atom is 0.265 e. The fourth-order valence-corrected chi connectivity index (χ4v) is 1.59. The van der Waals surface area contributed by atoms with Gasteiger partial charge in [0.25, 0.3) is 5.91 Å². The minimum Gasteiger partial charge on any atom is -0.479 e. The summed E-state index contributed by atoms with van der Waals surface area (Å²) in [6.45, 7) is 1.71. The summed E-state index contributed by atoms with van der Waals surface area (Å²) in [6, 6.07) is 5.52. The van der Waals surface area contributed by atoms with E-state index < -0.39 is 6.10 Å². The second-order valence-corrected chi connectivity index (χ2v) is 3.77. The molecule has 16 heavy (non-hydrogen) atoms. The molecule has 0 aliphatic carbocycles. The average molecular weight is 221 g/mol. The van der Waals surface area contributed by atoms with Gasteiger partial charge in [0.2, 0.25) is 0 Å². The van der Waals surface area contributed by atoms with E-state index in [1.54, 1.807) is 14.0 Å². The van der Waals surface area contributed by atoms with E-state index in [1.807, 2.05) is 18.2 Å². The summed E-state index contributed by atoms with van der Waals surface area (Å²) in [4.78, 5) is 11.4. The summed E-state index contributed by atoms with van der Waals surface area (Å²) >= 11 is 0. The fraction of sp³-hybridized carbons (Fsp3) is 0.364. The average Bonchev–Trinajstić information content (AvgIpc) is 2.29. The van der Waals surface area contributed by atoms with Crippen molar-refractivity contribution in [2.24, 2.45) is 5.73 Å². The molecule has 2 rings (SSSR count). The van der Waals surface area contributed by atoms with Crippen LogP contribution in [0, 0.1) is 0 Å². The van der Waals surface area contributed by atoms with Crippen LogP contribution in [0.25, 0.3) is 0 Å². The van der Waals surface area contributed by atoms with Gasteiger partial charge in [-0.1, -0.05) is 6.07 Å². The van der Waals surface area contributed by atoms with Gasteiger partial charge in [-0.2, -0.15) is 0 Å². The standard InChI is InChI=1S/C11H15N3O2/c1-6-11(15)14-8-5-7(10(12)13-2)3-4-9(8)16-6/h3-6,10,13H,12H2,1-2H3,(H,14,15). The highest BCUT2D eigenvalue weighted by Crippen LogP contribution is 2.31. The highest BCUT2D eigenvalue weighted by Gasteiger charge is 2.23. The van der Waals surface area contributed by atoms with Crippen LogP contribution in [0.1, 0.15) is 18.7 Å². The number of rotatable bonds is 2. The van der Waals surface area contributed by atoms with Gasteiger partial charge < -0.3 is 21.1 Å². The predicted molar refractivity (Wildman–Crippen MR) is 61.1 cm³/mol. The number of amides is 1. The minimum absolute atomic E-state index is 0.136. The smallest absolute Gasteiger partial charge is 0.265 e. The first kappa shape index (κ1) is 10.9. The second kappa shape index (κ2) is 4.11. The molecule has 0 saturated heterocycles. The molecule has 1 aromatic rings. The van der Waals surface area contributed by atoms with Crippen LogP contribution in [0.4, 0.5) is 5.69 Å². The van der Waals surface area contributed by atoms with Crippen molar-refractivity contribution >= 4 is 11.6 Å². The summed E-state index contributed by atoms with van der Waals surface area (Å²) in [7, 11) is 1.78. The number of carbonyl (C=O) groups is 1. The van der Waals surface area contributed by atoms with Crippen LogP contribution in [-0.4, -0.2) is 19.1 Å². The Morgan fingerprint density at radius 3 is 3.00 bits per heavy atom. The number of hydrogen-bond acceptors (Lipinski definition) is 4. The van der Waals surface area contributed by atoms with Crippen LogP contribution >= 0.6 is 0 Å². The molecule has 0 bridgehead atoms. The van der Waals surface area contributed by atoms with E-state index in [4.69, 9.17) is 10.5 Å². The van der Waals surface area contributed by atoms with Gasteiger partial charge in [0.1, 0.15) is 5.75 Å². The number of anilines is 1. The van der Waals surface area contributed by atoms with Crippen molar-refractivity contribution in [1.29, 1.82) is 0 Å². The van der Waals surface area contributed by atoms with Crippen molar-refractivity contribution in [1.82, 2.24) is 5.32 Å². The lowest BCUT2D eigenvalue weighted by molar-refractivity contribution is -0.122. The maximum atomic E-state index is 11.4. The molecule has 4 N–H and O–H groups in total. The predicted octanol–water partition coefficient (Wildman–Crippen LogP) is 0.583. The number of fused-ring (bicyclic) bond motifs is 1. The Balaban J connectivity index is 2.32. The largest absolute Gasteiger partial charge is 0.479 e. The van der Waals surface area contributed by atoms with E-state index in [0.29, 0.717) is 11.4 Å². The van der Waals surface area contributed by atoms with Gasteiger partial charge in [0.05, 0.1) is 11.9 Å². The number of hydrogen-bond donors (Lipinski definition) is 3. The summed E-state index contributed by atoms with van der Waals surface area (Å²) in [5, 5.41) is 5.71. The molecule has 86 valence electrons. The zero-order valence-corrected chi connectivity index (χ0v) is 9.28. The molecule has 1 aliphatic heterocycles. The molecule has 5 heteroatoms. The molecule has 0 spiro atoms. The molecular formula is C11H15N3O2. The van der Waals surface area contributed by atoms with Crippen LogP contribution in [0.3, 0.4) is 0 Å². The van der Waals surface area contributed by atoms with Gasteiger partial charge in [0.15, 0.2) is 6.10 Å². The van der Waals surface area contributed by atoms with Crippen LogP contribution in [0.2, 0.25) is 0 Å². The first-order valence-electron chi connectivity index (χ1n) is 5.16. The molecule has 2 unspecified atom stereocenters. The van der Waals surface area contributed by atoms with Crippen LogP contribution < -0.4 is 21.1 Å². The Morgan fingerprint density at radius 1 is 1.56 bits per heavy atom. The van der Waals surface area contributed by atoms with Crippen LogP contribution in [-0.2, 0) is 4.79 Å². The van der Waals surface area contributed by atoms with Gasteiger partial charge in [-0.3, -0.25) is 4.79 Å². The van der Waals surface area contributed by atoms with Crippen molar-refractivity contribution in [3.63, 3.8) is 0 Å². The molecule has 1 aromatic carbocycles. The zero-order chi connectivity index (χ0) is 11.7. The van der Waals surface area contributed by atoms with Crippen LogP contribution in [0.15, 0.2) is 18.2 Å². The Bertz CT molecular complexity index is 420. The lowest BCUT2D eigenvalue weighted by atomic mass is 10.1. The Kier molecular flexibility index (Phi) is 2.80. The highest BCUT2D eigenvalue weighted by molar-refractivity contribution is 5.97. The number of carbonyl (C=O) groups excluding carboxylic acids is 1. The second-order valence-electron chi connectivity index (χ2n) is 3.77. The SMILES string of the molecule is CNC(N)c1ccc2c(c1)NC(=O)C(C)O2. The lowest BCUT2D eigenvalue weighted by Gasteiger charge is -2.24. The summed E-state index contributed by atoms with van der Waals surface area (Å²) in [6.07, 6.45) is -0.696. The third kappa shape index (κ3) is 1.87.